The van der Waals surface area contributed by atoms with Gasteiger partial charge < -0.3 is 5.11 Å². The first-order valence-electron chi connectivity index (χ1n) is 3.95. The molecule has 1 saturated heterocycles. The molecule has 3 nitrogen and oxygen atoms in total. The highest BCUT2D eigenvalue weighted by molar-refractivity contribution is 14.1. The van der Waals surface area contributed by atoms with Gasteiger partial charge in [-0.3, -0.25) is 7.91 Å². The Hall–Kier alpha value is -0.0351. The highest BCUT2D eigenvalue weighted by Gasteiger charge is 2.26. The molecule has 0 aromatic rings. The van der Waals surface area contributed by atoms with E-state index in [0.717, 1.165) is 6.42 Å². The van der Waals surface area contributed by atoms with E-state index in [9.17, 15) is 4.79 Å². The van der Waals surface area contributed by atoms with Crippen molar-refractivity contribution in [1.82, 2.24) is 3.11 Å². The van der Waals surface area contributed by atoms with E-state index in [1.54, 1.807) is 17.0 Å². The molecule has 0 bridgehead atoms. The molecule has 0 radical (unpaired) electrons. The maximum atomic E-state index is 11.1. The molecule has 66 valence electrons. The van der Waals surface area contributed by atoms with Crippen LogP contribution >= 0.6 is 22.9 Å². The number of aliphatic hydroxyl groups is 1. The maximum absolute atomic E-state index is 11.1. The highest BCUT2D eigenvalue weighted by atomic mass is 127. The topological polar surface area (TPSA) is 40.5 Å². The van der Waals surface area contributed by atoms with Gasteiger partial charge in [-0.1, -0.05) is 12.2 Å². The first-order valence-corrected chi connectivity index (χ1v) is 4.92. The van der Waals surface area contributed by atoms with Crippen LogP contribution in [0.1, 0.15) is 12.8 Å². The second-order valence-corrected chi connectivity index (χ2v) is 3.98. The molecule has 1 heterocycles. The molecule has 0 aliphatic carbocycles. The lowest BCUT2D eigenvalue weighted by molar-refractivity contribution is -0.122. The number of aliphatic hydroxyl groups excluding tert-OH is 1. The van der Waals surface area contributed by atoms with Gasteiger partial charge in [0.05, 0.1) is 28.9 Å². The predicted octanol–water partition coefficient (Wildman–Crippen LogP) is -0.165. The van der Waals surface area contributed by atoms with Gasteiger partial charge in [0.2, 0.25) is 5.91 Å². The van der Waals surface area contributed by atoms with E-state index < -0.39 is 6.00 Å². The minimum absolute atomic E-state index is 0.174. The molecule has 1 aliphatic heterocycles. The van der Waals surface area contributed by atoms with E-state index in [2.05, 4.69) is 0 Å². The van der Waals surface area contributed by atoms with Gasteiger partial charge in [-0.25, -0.2) is 0 Å². The summed E-state index contributed by atoms with van der Waals surface area (Å²) in [6.45, 7) is 0. The van der Waals surface area contributed by atoms with Crippen LogP contribution in [0.5, 0.6) is 0 Å². The zero-order valence-corrected chi connectivity index (χ0v) is 9.06. The van der Waals surface area contributed by atoms with E-state index in [1.165, 1.54) is 0 Å². The number of amides is 1. The van der Waals surface area contributed by atoms with Crippen LogP contribution in [-0.2, 0) is 4.79 Å². The van der Waals surface area contributed by atoms with Crippen molar-refractivity contribution in [3.63, 3.8) is 0 Å². The van der Waals surface area contributed by atoms with E-state index >= 15 is 0 Å². The minimum Gasteiger partial charge on any atom is -0.398 e. The summed E-state index contributed by atoms with van der Waals surface area (Å²) in [5, 5.41) is 8.97. The van der Waals surface area contributed by atoms with Crippen LogP contribution in [0.4, 0.5) is 0 Å². The summed E-state index contributed by atoms with van der Waals surface area (Å²) in [5.74, 6) is 0.177. The zero-order chi connectivity index (χ0) is 9.14. The molecule has 0 aromatic heterocycles. The minimum atomic E-state index is -0.425. The highest BCUT2D eigenvalue weighted by Crippen LogP contribution is 2.23. The largest absolute Gasteiger partial charge is 0.398 e. The Bertz CT molecular complexity index is 208. The molecule has 1 amide bonds. The van der Waals surface area contributed by atoms with Gasteiger partial charge in [0, 0.05) is 12.4 Å². The Morgan fingerprint density at radius 1 is 1.83 bits per heavy atom. The average Bonchev–Trinajstić information content (AvgIpc) is 2.30. The molecule has 12 heavy (non-hydrogen) atoms. The predicted molar refractivity (Wildman–Crippen MR) is 57.6 cm³/mol. The molecule has 0 unspecified atom stereocenters. The monoisotopic (exact) mass is 279 g/mol. The number of nitrogens with zero attached hydrogens (tertiary/aromatic N) is 1. The summed E-state index contributed by atoms with van der Waals surface area (Å²) < 4.78 is 1.69. The molecule has 2 atom stereocenters. The molecular weight excluding hydrogens is 268 g/mol. The van der Waals surface area contributed by atoms with Crippen LogP contribution in [0.2, 0.25) is 0 Å². The van der Waals surface area contributed by atoms with Crippen LogP contribution in [-0.4, -0.2) is 34.0 Å². The Morgan fingerprint density at radius 2 is 2.50 bits per heavy atom. The molecule has 0 saturated carbocycles. The quantitative estimate of drug-likeness (QED) is 0.330. The molecule has 1 N–H and O–H groups in total. The van der Waals surface area contributed by atoms with Crippen LogP contribution < -0.4 is 0 Å². The van der Waals surface area contributed by atoms with Crippen molar-refractivity contribution in [3.8, 4) is 0 Å². The van der Waals surface area contributed by atoms with E-state index in [1.807, 2.05) is 28.9 Å². The van der Waals surface area contributed by atoms with Crippen molar-refractivity contribution in [1.29, 1.82) is 0 Å². The fraction of sp³-hybridized carbons (Fsp3) is 0.571. The van der Waals surface area contributed by atoms with Gasteiger partial charge in [-0.15, -0.1) is 0 Å². The van der Waals surface area contributed by atoms with Crippen molar-refractivity contribution in [3.05, 3.63) is 12.2 Å². The molecule has 5 heteroatoms. The van der Waals surface area contributed by atoms with Crippen molar-refractivity contribution in [2.24, 2.45) is 0 Å². The second-order valence-electron chi connectivity index (χ2n) is 2.94. The summed E-state index contributed by atoms with van der Waals surface area (Å²) in [5.41, 5.74) is 0. The zero-order valence-electron chi connectivity index (χ0n) is 6.90. The average molecular weight is 279 g/mol. The first kappa shape index (κ1) is 10.0. The lowest BCUT2D eigenvalue weighted by Gasteiger charge is -2.12. The fourth-order valence-electron chi connectivity index (χ4n) is 1.14. The van der Waals surface area contributed by atoms with Crippen molar-refractivity contribution in [2.45, 2.75) is 24.9 Å². The molecular formula is C7H11BINO2. The number of hydrogen-bond donors (Lipinski definition) is 1. The molecule has 0 aromatic carbocycles. The Labute approximate surface area is 86.7 Å². The smallest absolute Gasteiger partial charge is 0.231 e. The van der Waals surface area contributed by atoms with Gasteiger partial charge in [0.25, 0.3) is 0 Å². The van der Waals surface area contributed by atoms with Gasteiger partial charge in [0.1, 0.15) is 7.85 Å². The Kier molecular flexibility index (Phi) is 3.58. The third kappa shape index (κ3) is 2.48. The summed E-state index contributed by atoms with van der Waals surface area (Å²) in [4.78, 5) is 11.1. The summed E-state index contributed by atoms with van der Waals surface area (Å²) >= 11 is 2.02. The number of halogens is 1. The second kappa shape index (κ2) is 4.27. The third-order valence-electron chi connectivity index (χ3n) is 1.80. The fourth-order valence-corrected chi connectivity index (χ4v) is 1.84. The molecule has 0 spiro atoms. The van der Waals surface area contributed by atoms with E-state index in [4.69, 9.17) is 5.11 Å². The number of rotatable bonds is 2. The van der Waals surface area contributed by atoms with Gasteiger partial charge in [-0.2, -0.15) is 0 Å². The maximum Gasteiger partial charge on any atom is 0.231 e. The van der Waals surface area contributed by atoms with E-state index in [-0.39, 0.29) is 11.9 Å². The lowest BCUT2D eigenvalue weighted by atomic mass is 9.99. The normalized spacial score (nSPS) is 27.0. The standard InChI is InChI=1S/C7H11BINO2/c8-6(11)3-1-5-2-4-7(12)10(5)9/h1,3,5-6,11H,2,4,8H2/b3-1+/t5-,6-/m0/s1. The van der Waals surface area contributed by atoms with E-state index in [0.29, 0.717) is 6.42 Å². The van der Waals surface area contributed by atoms with Gasteiger partial charge >= 0.3 is 0 Å². The Morgan fingerprint density at radius 3 is 2.92 bits per heavy atom. The van der Waals surface area contributed by atoms with Crippen molar-refractivity contribution < 1.29 is 9.90 Å². The molecule has 1 aliphatic rings. The summed E-state index contributed by atoms with van der Waals surface area (Å²) in [6.07, 6.45) is 5.10. The first-order chi connectivity index (χ1) is 5.61. The summed E-state index contributed by atoms with van der Waals surface area (Å²) in [6, 6.07) is -0.252. The van der Waals surface area contributed by atoms with Crippen LogP contribution in [0.15, 0.2) is 12.2 Å². The SMILES string of the molecule is B[C@@H](O)/C=C/[C@H]1CCC(=O)N1I. The number of carbonyl (C=O) groups excluding carboxylic acids is 1. The number of carbonyl (C=O) groups is 1. The molecule has 1 rings (SSSR count). The van der Waals surface area contributed by atoms with Crippen molar-refractivity contribution >= 4 is 36.6 Å². The van der Waals surface area contributed by atoms with Gasteiger partial charge in [0.15, 0.2) is 0 Å². The van der Waals surface area contributed by atoms with Crippen LogP contribution in [0, 0.1) is 0 Å². The summed E-state index contributed by atoms with van der Waals surface area (Å²) in [7, 11) is 1.70. The number of hydrogen-bond acceptors (Lipinski definition) is 2. The molecule has 1 fully saturated rings. The Balaban J connectivity index is 2.49. The van der Waals surface area contributed by atoms with Crippen molar-refractivity contribution in [2.75, 3.05) is 0 Å². The van der Waals surface area contributed by atoms with Crippen LogP contribution in [0.25, 0.3) is 0 Å². The van der Waals surface area contributed by atoms with Gasteiger partial charge in [-0.05, 0) is 6.42 Å². The van der Waals surface area contributed by atoms with Crippen LogP contribution in [0.3, 0.4) is 0 Å². The third-order valence-corrected chi connectivity index (χ3v) is 3.05. The lowest BCUT2D eigenvalue weighted by Crippen LogP contribution is -2.20.